The van der Waals surface area contributed by atoms with Gasteiger partial charge in [-0.1, -0.05) is 32.0 Å². The number of nitrogens with zero attached hydrogens (tertiary/aromatic N) is 1. The van der Waals surface area contributed by atoms with Crippen molar-refractivity contribution >= 4 is 16.8 Å². The molecule has 136 valence electrons. The molecule has 2 N–H and O–H groups in total. The monoisotopic (exact) mass is 341 g/mol. The van der Waals surface area contributed by atoms with Gasteiger partial charge in [0.1, 0.15) is 0 Å². The van der Waals surface area contributed by atoms with Crippen molar-refractivity contribution in [3.8, 4) is 0 Å². The van der Waals surface area contributed by atoms with Crippen LogP contribution in [0.1, 0.15) is 38.7 Å². The lowest BCUT2D eigenvalue weighted by atomic mass is 9.92. The molecule has 0 radical (unpaired) electrons. The standard InChI is InChI=1S/C21H31N3O/c1-16-12-17(2)15-24(14-16)11-5-10-22-21(25)9-8-18-13-23-20-7-4-3-6-19(18)20/h3-4,6-7,13,16-17,23H,5,8-12,14-15H2,1-2H3,(H,22,25). The molecule has 1 saturated heterocycles. The number of benzene rings is 1. The number of nitrogens with one attached hydrogen (secondary N) is 2. The van der Waals surface area contributed by atoms with Crippen molar-refractivity contribution in [1.82, 2.24) is 15.2 Å². The number of H-pyrrole nitrogens is 1. The molecule has 0 spiro atoms. The van der Waals surface area contributed by atoms with Crippen molar-refractivity contribution < 1.29 is 4.79 Å². The number of para-hydroxylation sites is 1. The van der Waals surface area contributed by atoms with Crippen LogP contribution in [0.5, 0.6) is 0 Å². The van der Waals surface area contributed by atoms with Crippen molar-refractivity contribution in [3.05, 3.63) is 36.0 Å². The van der Waals surface area contributed by atoms with Gasteiger partial charge in [-0.25, -0.2) is 0 Å². The van der Waals surface area contributed by atoms with Crippen molar-refractivity contribution in [2.45, 2.75) is 39.5 Å². The smallest absolute Gasteiger partial charge is 0.220 e. The van der Waals surface area contributed by atoms with Gasteiger partial charge in [-0.2, -0.15) is 0 Å². The molecule has 4 heteroatoms. The summed E-state index contributed by atoms with van der Waals surface area (Å²) in [5.74, 6) is 1.76. The molecule has 1 aromatic carbocycles. The Morgan fingerprint density at radius 1 is 1.24 bits per heavy atom. The zero-order valence-electron chi connectivity index (χ0n) is 15.6. The number of aromatic amines is 1. The van der Waals surface area contributed by atoms with E-state index in [9.17, 15) is 4.79 Å². The number of piperidine rings is 1. The number of hydrogen-bond acceptors (Lipinski definition) is 2. The predicted molar refractivity (Wildman–Crippen MR) is 104 cm³/mol. The van der Waals surface area contributed by atoms with E-state index in [1.54, 1.807) is 0 Å². The fraction of sp³-hybridized carbons (Fsp3) is 0.571. The average molecular weight is 341 g/mol. The van der Waals surface area contributed by atoms with Crippen LogP contribution in [-0.4, -0.2) is 42.0 Å². The Hall–Kier alpha value is -1.81. The van der Waals surface area contributed by atoms with E-state index in [1.807, 2.05) is 18.3 Å². The van der Waals surface area contributed by atoms with Gasteiger partial charge in [-0.3, -0.25) is 4.79 Å². The summed E-state index contributed by atoms with van der Waals surface area (Å²) in [5, 5.41) is 4.30. The molecule has 1 aliphatic heterocycles. The Morgan fingerprint density at radius 3 is 2.80 bits per heavy atom. The summed E-state index contributed by atoms with van der Waals surface area (Å²) in [6.07, 6.45) is 5.76. The maximum absolute atomic E-state index is 12.1. The molecule has 1 aromatic heterocycles. The molecule has 3 rings (SSSR count). The molecule has 25 heavy (non-hydrogen) atoms. The van der Waals surface area contributed by atoms with E-state index in [2.05, 4.69) is 41.2 Å². The highest BCUT2D eigenvalue weighted by Gasteiger charge is 2.21. The lowest BCUT2D eigenvalue weighted by Gasteiger charge is -2.34. The van der Waals surface area contributed by atoms with E-state index in [-0.39, 0.29) is 5.91 Å². The fourth-order valence-corrected chi connectivity index (χ4v) is 4.18. The van der Waals surface area contributed by atoms with Gasteiger partial charge in [0, 0.05) is 43.2 Å². The normalized spacial score (nSPS) is 21.5. The SMILES string of the molecule is CC1CC(C)CN(CCCNC(=O)CCc2c[nH]c3ccccc23)C1. The highest BCUT2D eigenvalue weighted by Crippen LogP contribution is 2.21. The topological polar surface area (TPSA) is 48.1 Å². The molecule has 1 aliphatic rings. The maximum Gasteiger partial charge on any atom is 0.220 e. The lowest BCUT2D eigenvalue weighted by molar-refractivity contribution is -0.121. The number of carbonyl (C=O) groups excluding carboxylic acids is 1. The number of hydrogen-bond donors (Lipinski definition) is 2. The van der Waals surface area contributed by atoms with E-state index < -0.39 is 0 Å². The summed E-state index contributed by atoms with van der Waals surface area (Å²) in [4.78, 5) is 17.9. The van der Waals surface area contributed by atoms with Gasteiger partial charge in [0.15, 0.2) is 0 Å². The van der Waals surface area contributed by atoms with Crippen LogP contribution in [0.25, 0.3) is 10.9 Å². The first kappa shape index (κ1) is 18.0. The molecule has 2 aromatic rings. The van der Waals surface area contributed by atoms with Crippen LogP contribution < -0.4 is 5.32 Å². The number of aromatic nitrogens is 1. The number of likely N-dealkylation sites (tertiary alicyclic amines) is 1. The van der Waals surface area contributed by atoms with Gasteiger partial charge >= 0.3 is 0 Å². The Kier molecular flexibility index (Phi) is 6.14. The van der Waals surface area contributed by atoms with E-state index in [0.29, 0.717) is 6.42 Å². The number of carbonyl (C=O) groups is 1. The molecule has 1 fully saturated rings. The summed E-state index contributed by atoms with van der Waals surface area (Å²) >= 11 is 0. The van der Waals surface area contributed by atoms with Gasteiger partial charge in [0.2, 0.25) is 5.91 Å². The molecule has 0 saturated carbocycles. The highest BCUT2D eigenvalue weighted by atomic mass is 16.1. The zero-order chi connectivity index (χ0) is 17.6. The van der Waals surface area contributed by atoms with Gasteiger partial charge in [0.25, 0.3) is 0 Å². The lowest BCUT2D eigenvalue weighted by Crippen LogP contribution is -2.40. The van der Waals surface area contributed by atoms with Gasteiger partial charge < -0.3 is 15.2 Å². The molecule has 4 nitrogen and oxygen atoms in total. The average Bonchev–Trinajstić information content (AvgIpc) is 2.99. The van der Waals surface area contributed by atoms with Gasteiger partial charge in [0.05, 0.1) is 0 Å². The third-order valence-corrected chi connectivity index (χ3v) is 5.21. The second-order valence-corrected chi connectivity index (χ2v) is 7.77. The Labute approximate surface area is 151 Å². The van der Waals surface area contributed by atoms with E-state index >= 15 is 0 Å². The van der Waals surface area contributed by atoms with Crippen molar-refractivity contribution in [2.75, 3.05) is 26.2 Å². The fourth-order valence-electron chi connectivity index (χ4n) is 4.18. The van der Waals surface area contributed by atoms with Crippen LogP contribution >= 0.6 is 0 Å². The summed E-state index contributed by atoms with van der Waals surface area (Å²) in [6, 6.07) is 8.25. The second-order valence-electron chi connectivity index (χ2n) is 7.77. The van der Waals surface area contributed by atoms with E-state index in [1.165, 1.54) is 30.5 Å². The second kappa shape index (κ2) is 8.52. The highest BCUT2D eigenvalue weighted by molar-refractivity contribution is 5.84. The van der Waals surface area contributed by atoms with Crippen molar-refractivity contribution in [1.29, 1.82) is 0 Å². The van der Waals surface area contributed by atoms with Crippen LogP contribution in [0.4, 0.5) is 0 Å². The van der Waals surface area contributed by atoms with E-state index in [0.717, 1.165) is 43.3 Å². The number of aryl methyl sites for hydroxylation is 1. The number of amides is 1. The van der Waals surface area contributed by atoms with Gasteiger partial charge in [-0.15, -0.1) is 0 Å². The molecule has 1 amide bonds. The quantitative estimate of drug-likeness (QED) is 0.756. The summed E-state index contributed by atoms with van der Waals surface area (Å²) < 4.78 is 0. The minimum atomic E-state index is 0.158. The molecule has 2 atom stereocenters. The molecular weight excluding hydrogens is 310 g/mol. The summed E-state index contributed by atoms with van der Waals surface area (Å²) in [7, 11) is 0. The predicted octanol–water partition coefficient (Wildman–Crippen LogP) is 3.58. The van der Waals surface area contributed by atoms with Crippen LogP contribution in [0.2, 0.25) is 0 Å². The first-order valence-electron chi connectivity index (χ1n) is 9.66. The first-order chi connectivity index (χ1) is 12.1. The Morgan fingerprint density at radius 2 is 2.00 bits per heavy atom. The Balaban J connectivity index is 1.34. The molecule has 0 bridgehead atoms. The van der Waals surface area contributed by atoms with Crippen molar-refractivity contribution in [2.24, 2.45) is 11.8 Å². The van der Waals surface area contributed by atoms with Crippen LogP contribution in [0.3, 0.4) is 0 Å². The largest absolute Gasteiger partial charge is 0.361 e. The molecule has 2 unspecified atom stereocenters. The molecule has 2 heterocycles. The summed E-state index contributed by atoms with van der Waals surface area (Å²) in [6.45, 7) is 8.98. The van der Waals surface area contributed by atoms with Crippen LogP contribution in [-0.2, 0) is 11.2 Å². The van der Waals surface area contributed by atoms with Gasteiger partial charge in [-0.05, 0) is 49.3 Å². The molecular formula is C21H31N3O. The third-order valence-electron chi connectivity index (χ3n) is 5.21. The van der Waals surface area contributed by atoms with Crippen LogP contribution in [0.15, 0.2) is 30.5 Å². The minimum absolute atomic E-state index is 0.158. The van der Waals surface area contributed by atoms with Crippen molar-refractivity contribution in [3.63, 3.8) is 0 Å². The molecule has 0 aliphatic carbocycles. The maximum atomic E-state index is 12.1. The number of fused-ring (bicyclic) bond motifs is 1. The Bertz CT molecular complexity index is 683. The zero-order valence-corrected chi connectivity index (χ0v) is 15.6. The third kappa shape index (κ3) is 5.08. The number of rotatable bonds is 7. The first-order valence-corrected chi connectivity index (χ1v) is 9.66. The van der Waals surface area contributed by atoms with E-state index in [4.69, 9.17) is 0 Å². The van der Waals surface area contributed by atoms with Crippen LogP contribution in [0, 0.1) is 11.8 Å². The minimum Gasteiger partial charge on any atom is -0.361 e. The summed E-state index contributed by atoms with van der Waals surface area (Å²) in [5.41, 5.74) is 2.37.